The summed E-state index contributed by atoms with van der Waals surface area (Å²) in [7, 11) is 0. The molecule has 26 heavy (non-hydrogen) atoms. The van der Waals surface area contributed by atoms with E-state index < -0.39 is 0 Å². The molecule has 0 radical (unpaired) electrons. The monoisotopic (exact) mass is 338 g/mol. The third kappa shape index (κ3) is 4.41. The van der Waals surface area contributed by atoms with Crippen LogP contribution in [-0.4, -0.2) is 0 Å². The fraction of sp³-hybridized carbons (Fsp3) is 0.120. The van der Waals surface area contributed by atoms with Crippen LogP contribution >= 0.6 is 0 Å². The van der Waals surface area contributed by atoms with Crippen LogP contribution in [0.3, 0.4) is 0 Å². The predicted molar refractivity (Wildman–Crippen MR) is 105 cm³/mol. The first-order valence-corrected chi connectivity index (χ1v) is 8.49. The summed E-state index contributed by atoms with van der Waals surface area (Å²) in [6.45, 7) is 6.00. The van der Waals surface area contributed by atoms with Crippen LogP contribution in [0.1, 0.15) is 38.9 Å². The molecule has 0 saturated heterocycles. The van der Waals surface area contributed by atoms with Crippen LogP contribution in [0.2, 0.25) is 0 Å². The van der Waals surface area contributed by atoms with Crippen molar-refractivity contribution in [3.05, 3.63) is 105 Å². The lowest BCUT2D eigenvalue weighted by Gasteiger charge is -1.99. The SMILES string of the molecule is Cc1ccc(C#Cc2ccc(C#Cc3ccc(C)cc3F)cc2)c(C)c1. The molecule has 3 aromatic carbocycles. The molecule has 0 bridgehead atoms. The van der Waals surface area contributed by atoms with Gasteiger partial charge in [0.2, 0.25) is 0 Å². The highest BCUT2D eigenvalue weighted by Gasteiger charge is 1.98. The Morgan fingerprint density at radius 2 is 1.08 bits per heavy atom. The fourth-order valence-corrected chi connectivity index (χ4v) is 2.59. The van der Waals surface area contributed by atoms with Gasteiger partial charge in [-0.3, -0.25) is 0 Å². The van der Waals surface area contributed by atoms with Crippen LogP contribution in [-0.2, 0) is 0 Å². The van der Waals surface area contributed by atoms with Crippen molar-refractivity contribution >= 4 is 0 Å². The number of hydrogen-bond donors (Lipinski definition) is 0. The molecule has 0 aliphatic heterocycles. The molecule has 0 atom stereocenters. The van der Waals surface area contributed by atoms with Gasteiger partial charge in [-0.1, -0.05) is 47.4 Å². The lowest BCUT2D eigenvalue weighted by atomic mass is 10.1. The standard InChI is InChI=1S/C25H19F/c1-18-4-12-23(20(3)16-18)14-10-21-6-8-22(9-7-21)11-15-24-13-5-19(2)17-25(24)26/h4-9,12-13,16-17H,1-3H3. The molecular weight excluding hydrogens is 319 g/mol. The molecule has 1 heteroatoms. The van der Waals surface area contributed by atoms with E-state index in [1.165, 1.54) is 17.2 Å². The molecule has 126 valence electrons. The van der Waals surface area contributed by atoms with Crippen LogP contribution in [0.15, 0.2) is 60.7 Å². The third-order valence-corrected chi connectivity index (χ3v) is 4.07. The van der Waals surface area contributed by atoms with Gasteiger partial charge in [-0.15, -0.1) is 0 Å². The van der Waals surface area contributed by atoms with Gasteiger partial charge >= 0.3 is 0 Å². The van der Waals surface area contributed by atoms with Crippen molar-refractivity contribution in [3.8, 4) is 23.7 Å². The maximum atomic E-state index is 13.8. The van der Waals surface area contributed by atoms with E-state index in [0.29, 0.717) is 5.56 Å². The van der Waals surface area contributed by atoms with Gasteiger partial charge in [-0.25, -0.2) is 4.39 Å². The van der Waals surface area contributed by atoms with Crippen LogP contribution < -0.4 is 0 Å². The first-order valence-electron chi connectivity index (χ1n) is 8.49. The molecule has 0 unspecified atom stereocenters. The molecule has 3 rings (SSSR count). The summed E-state index contributed by atoms with van der Waals surface area (Å²) in [5.74, 6) is 12.0. The summed E-state index contributed by atoms with van der Waals surface area (Å²) in [6.07, 6.45) is 0. The van der Waals surface area contributed by atoms with Crippen molar-refractivity contribution < 1.29 is 4.39 Å². The van der Waals surface area contributed by atoms with E-state index in [2.05, 4.69) is 49.7 Å². The van der Waals surface area contributed by atoms with E-state index in [1.54, 1.807) is 6.07 Å². The Morgan fingerprint density at radius 3 is 1.62 bits per heavy atom. The van der Waals surface area contributed by atoms with Gasteiger partial charge in [-0.05, 0) is 74.4 Å². The Hall–Kier alpha value is -3.29. The van der Waals surface area contributed by atoms with Gasteiger partial charge in [0.1, 0.15) is 5.82 Å². The van der Waals surface area contributed by atoms with Gasteiger partial charge in [0, 0.05) is 16.7 Å². The fourth-order valence-electron chi connectivity index (χ4n) is 2.59. The average molecular weight is 338 g/mol. The van der Waals surface area contributed by atoms with Crippen molar-refractivity contribution in [1.29, 1.82) is 0 Å². The third-order valence-electron chi connectivity index (χ3n) is 4.07. The van der Waals surface area contributed by atoms with Crippen LogP contribution in [0.5, 0.6) is 0 Å². The van der Waals surface area contributed by atoms with Gasteiger partial charge in [0.25, 0.3) is 0 Å². The molecule has 0 fully saturated rings. The van der Waals surface area contributed by atoms with E-state index in [0.717, 1.165) is 22.3 Å². The van der Waals surface area contributed by atoms with Crippen molar-refractivity contribution in [1.82, 2.24) is 0 Å². The second kappa shape index (κ2) is 7.73. The smallest absolute Gasteiger partial charge is 0.139 e. The molecule has 3 aromatic rings. The van der Waals surface area contributed by atoms with E-state index in [9.17, 15) is 4.39 Å². The maximum Gasteiger partial charge on any atom is 0.139 e. The number of benzene rings is 3. The highest BCUT2D eigenvalue weighted by Crippen LogP contribution is 2.11. The molecule has 0 aromatic heterocycles. The Labute approximate surface area is 154 Å². The van der Waals surface area contributed by atoms with Gasteiger partial charge in [0.15, 0.2) is 0 Å². The van der Waals surface area contributed by atoms with Crippen molar-refractivity contribution in [2.75, 3.05) is 0 Å². The van der Waals surface area contributed by atoms with Crippen molar-refractivity contribution in [2.45, 2.75) is 20.8 Å². The first kappa shape index (κ1) is 17.5. The number of hydrogen-bond acceptors (Lipinski definition) is 0. The minimum absolute atomic E-state index is 0.284. The minimum Gasteiger partial charge on any atom is -0.206 e. The lowest BCUT2D eigenvalue weighted by Crippen LogP contribution is -1.85. The molecule has 0 amide bonds. The first-order chi connectivity index (χ1) is 12.5. The molecule has 0 saturated carbocycles. The van der Waals surface area contributed by atoms with Crippen LogP contribution in [0, 0.1) is 50.3 Å². The van der Waals surface area contributed by atoms with Crippen LogP contribution in [0.4, 0.5) is 4.39 Å². The Morgan fingerprint density at radius 1 is 0.577 bits per heavy atom. The number of aryl methyl sites for hydroxylation is 3. The van der Waals surface area contributed by atoms with E-state index in [4.69, 9.17) is 0 Å². The number of rotatable bonds is 0. The summed E-state index contributed by atoms with van der Waals surface area (Å²) in [5.41, 5.74) is 6.52. The van der Waals surface area contributed by atoms with Gasteiger partial charge < -0.3 is 0 Å². The second-order valence-corrected chi connectivity index (χ2v) is 6.38. The lowest BCUT2D eigenvalue weighted by molar-refractivity contribution is 0.623. The summed E-state index contributed by atoms with van der Waals surface area (Å²) < 4.78 is 13.8. The van der Waals surface area contributed by atoms with Gasteiger partial charge in [0.05, 0.1) is 5.56 Å². The Kier molecular flexibility index (Phi) is 5.21. The summed E-state index contributed by atoms with van der Waals surface area (Å²) in [4.78, 5) is 0. The Balaban J connectivity index is 1.78. The molecule has 0 heterocycles. The van der Waals surface area contributed by atoms with Crippen LogP contribution in [0.25, 0.3) is 0 Å². The van der Waals surface area contributed by atoms with Crippen molar-refractivity contribution in [2.24, 2.45) is 0 Å². The van der Waals surface area contributed by atoms with E-state index in [1.807, 2.05) is 43.3 Å². The zero-order valence-corrected chi connectivity index (χ0v) is 15.2. The topological polar surface area (TPSA) is 0 Å². The highest BCUT2D eigenvalue weighted by molar-refractivity contribution is 5.50. The molecular formula is C25H19F. The second-order valence-electron chi connectivity index (χ2n) is 6.38. The zero-order chi connectivity index (χ0) is 18.5. The summed E-state index contributed by atoms with van der Waals surface area (Å²) >= 11 is 0. The summed E-state index contributed by atoms with van der Waals surface area (Å²) in [5, 5.41) is 0. The molecule has 0 nitrogen and oxygen atoms in total. The quantitative estimate of drug-likeness (QED) is 0.471. The molecule has 0 aliphatic carbocycles. The zero-order valence-electron chi connectivity index (χ0n) is 15.2. The molecule has 0 N–H and O–H groups in total. The summed E-state index contributed by atoms with van der Waals surface area (Å²) in [6, 6.07) is 19.0. The molecule has 0 spiro atoms. The maximum absolute atomic E-state index is 13.8. The predicted octanol–water partition coefficient (Wildman–Crippen LogP) is 5.55. The van der Waals surface area contributed by atoms with Gasteiger partial charge in [-0.2, -0.15) is 0 Å². The normalized spacial score (nSPS) is 9.69. The Bertz CT molecular complexity index is 977. The average Bonchev–Trinajstić information content (AvgIpc) is 2.61. The number of halogens is 1. The van der Waals surface area contributed by atoms with E-state index in [-0.39, 0.29) is 5.82 Å². The van der Waals surface area contributed by atoms with Crippen molar-refractivity contribution in [3.63, 3.8) is 0 Å². The highest BCUT2D eigenvalue weighted by atomic mass is 19.1. The van der Waals surface area contributed by atoms with E-state index >= 15 is 0 Å². The molecule has 0 aliphatic rings. The minimum atomic E-state index is -0.284. The largest absolute Gasteiger partial charge is 0.206 e.